The SMILES string of the molecule is CC(C)N(C)C(=O)N1CCC(C(=O)O)CC1C. The highest BCUT2D eigenvalue weighted by atomic mass is 16.4. The zero-order chi connectivity index (χ0) is 13.2. The van der Waals surface area contributed by atoms with Crippen LogP contribution in [0.2, 0.25) is 0 Å². The fourth-order valence-electron chi connectivity index (χ4n) is 2.10. The normalized spacial score (nSPS) is 24.9. The molecule has 98 valence electrons. The van der Waals surface area contributed by atoms with Gasteiger partial charge >= 0.3 is 12.0 Å². The molecule has 1 N–H and O–H groups in total. The van der Waals surface area contributed by atoms with Gasteiger partial charge in [-0.2, -0.15) is 0 Å². The summed E-state index contributed by atoms with van der Waals surface area (Å²) in [5.41, 5.74) is 0. The van der Waals surface area contributed by atoms with Gasteiger partial charge in [-0.05, 0) is 33.6 Å². The average Bonchev–Trinajstić information content (AvgIpc) is 2.26. The van der Waals surface area contributed by atoms with Crippen LogP contribution in [0.5, 0.6) is 0 Å². The van der Waals surface area contributed by atoms with Gasteiger partial charge in [0, 0.05) is 25.7 Å². The number of likely N-dealkylation sites (tertiary alicyclic amines) is 1. The van der Waals surface area contributed by atoms with Crippen molar-refractivity contribution in [1.29, 1.82) is 0 Å². The highest BCUT2D eigenvalue weighted by Crippen LogP contribution is 2.24. The van der Waals surface area contributed by atoms with E-state index in [0.29, 0.717) is 19.4 Å². The van der Waals surface area contributed by atoms with Gasteiger partial charge in [0.05, 0.1) is 5.92 Å². The second-order valence-corrected chi connectivity index (χ2v) is 5.09. The van der Waals surface area contributed by atoms with E-state index in [1.54, 1.807) is 16.8 Å². The standard InChI is InChI=1S/C12H22N2O3/c1-8(2)13(4)12(17)14-6-5-10(11(15)16)7-9(14)3/h8-10H,5-7H2,1-4H3,(H,15,16). The van der Waals surface area contributed by atoms with E-state index in [0.717, 1.165) is 0 Å². The molecule has 0 aromatic rings. The fourth-order valence-corrected chi connectivity index (χ4v) is 2.10. The quantitative estimate of drug-likeness (QED) is 0.800. The summed E-state index contributed by atoms with van der Waals surface area (Å²) in [6.07, 6.45) is 1.10. The molecule has 0 aromatic heterocycles. The first-order valence-electron chi connectivity index (χ1n) is 6.10. The molecule has 0 radical (unpaired) electrons. The van der Waals surface area contributed by atoms with E-state index in [-0.39, 0.29) is 24.0 Å². The number of carbonyl (C=O) groups excluding carboxylic acids is 1. The van der Waals surface area contributed by atoms with Crippen LogP contribution in [-0.4, -0.2) is 52.6 Å². The van der Waals surface area contributed by atoms with Crippen molar-refractivity contribution in [1.82, 2.24) is 9.80 Å². The van der Waals surface area contributed by atoms with Gasteiger partial charge in [-0.3, -0.25) is 4.79 Å². The van der Waals surface area contributed by atoms with Crippen LogP contribution >= 0.6 is 0 Å². The van der Waals surface area contributed by atoms with Gasteiger partial charge in [0.15, 0.2) is 0 Å². The van der Waals surface area contributed by atoms with E-state index in [4.69, 9.17) is 5.11 Å². The number of carbonyl (C=O) groups is 2. The van der Waals surface area contributed by atoms with Gasteiger partial charge in [-0.15, -0.1) is 0 Å². The third-order valence-electron chi connectivity index (χ3n) is 3.55. The summed E-state index contributed by atoms with van der Waals surface area (Å²) >= 11 is 0. The summed E-state index contributed by atoms with van der Waals surface area (Å²) < 4.78 is 0. The number of carboxylic acids is 1. The molecule has 1 saturated heterocycles. The largest absolute Gasteiger partial charge is 0.481 e. The lowest BCUT2D eigenvalue weighted by molar-refractivity contribution is -0.143. The first-order valence-corrected chi connectivity index (χ1v) is 6.10. The Morgan fingerprint density at radius 2 is 2.00 bits per heavy atom. The molecule has 0 bridgehead atoms. The number of piperidine rings is 1. The van der Waals surface area contributed by atoms with Crippen LogP contribution in [0, 0.1) is 5.92 Å². The zero-order valence-electron chi connectivity index (χ0n) is 11.0. The Morgan fingerprint density at radius 1 is 1.41 bits per heavy atom. The second-order valence-electron chi connectivity index (χ2n) is 5.09. The van der Waals surface area contributed by atoms with Gasteiger partial charge < -0.3 is 14.9 Å². The van der Waals surface area contributed by atoms with Gasteiger partial charge in [-0.1, -0.05) is 0 Å². The molecular weight excluding hydrogens is 220 g/mol. The van der Waals surface area contributed by atoms with Gasteiger partial charge in [0.1, 0.15) is 0 Å². The average molecular weight is 242 g/mol. The van der Waals surface area contributed by atoms with E-state index in [1.165, 1.54) is 0 Å². The van der Waals surface area contributed by atoms with Gasteiger partial charge in [-0.25, -0.2) is 4.79 Å². The van der Waals surface area contributed by atoms with Crippen molar-refractivity contribution in [2.75, 3.05) is 13.6 Å². The third kappa shape index (κ3) is 3.11. The monoisotopic (exact) mass is 242 g/mol. The van der Waals surface area contributed by atoms with Gasteiger partial charge in [0.25, 0.3) is 0 Å². The molecular formula is C12H22N2O3. The van der Waals surface area contributed by atoms with Gasteiger partial charge in [0.2, 0.25) is 0 Å². The third-order valence-corrected chi connectivity index (χ3v) is 3.55. The number of hydrogen-bond donors (Lipinski definition) is 1. The number of urea groups is 1. The van der Waals surface area contributed by atoms with E-state index in [9.17, 15) is 9.59 Å². The summed E-state index contributed by atoms with van der Waals surface area (Å²) in [6.45, 7) is 6.38. The van der Waals surface area contributed by atoms with Crippen LogP contribution < -0.4 is 0 Å². The minimum Gasteiger partial charge on any atom is -0.481 e. The molecule has 1 fully saturated rings. The molecule has 1 aliphatic rings. The molecule has 0 saturated carbocycles. The van der Waals surface area contributed by atoms with E-state index in [2.05, 4.69) is 0 Å². The van der Waals surface area contributed by atoms with Crippen LogP contribution in [0.4, 0.5) is 4.79 Å². The Balaban J connectivity index is 2.63. The first-order chi connectivity index (χ1) is 7.84. The number of nitrogens with zero attached hydrogens (tertiary/aromatic N) is 2. The predicted octanol–water partition coefficient (Wildman–Crippen LogP) is 1.63. The van der Waals surface area contributed by atoms with Crippen molar-refractivity contribution in [3.63, 3.8) is 0 Å². The Labute approximate surface area is 102 Å². The number of aliphatic carboxylic acids is 1. The number of carboxylic acid groups (broad SMARTS) is 1. The van der Waals surface area contributed by atoms with Crippen LogP contribution in [0.3, 0.4) is 0 Å². The molecule has 0 aromatic carbocycles. The molecule has 2 atom stereocenters. The zero-order valence-corrected chi connectivity index (χ0v) is 11.0. The Hall–Kier alpha value is -1.26. The predicted molar refractivity (Wildman–Crippen MR) is 64.8 cm³/mol. The Bertz CT molecular complexity index is 304. The smallest absolute Gasteiger partial charge is 0.320 e. The maximum atomic E-state index is 12.1. The lowest BCUT2D eigenvalue weighted by atomic mass is 9.92. The lowest BCUT2D eigenvalue weighted by Gasteiger charge is -2.39. The van der Waals surface area contributed by atoms with Crippen LogP contribution in [0.25, 0.3) is 0 Å². The topological polar surface area (TPSA) is 60.9 Å². The molecule has 1 aliphatic heterocycles. The summed E-state index contributed by atoms with van der Waals surface area (Å²) in [5.74, 6) is -1.06. The minimum absolute atomic E-state index is 0.00134. The molecule has 2 unspecified atom stereocenters. The second kappa shape index (κ2) is 5.38. The number of amides is 2. The Kier molecular flexibility index (Phi) is 4.37. The molecule has 2 amide bonds. The van der Waals surface area contributed by atoms with E-state index >= 15 is 0 Å². The van der Waals surface area contributed by atoms with Crippen LogP contribution in [0.1, 0.15) is 33.6 Å². The summed E-state index contributed by atoms with van der Waals surface area (Å²) in [6, 6.07) is 0.154. The molecule has 5 heteroatoms. The Morgan fingerprint density at radius 3 is 2.41 bits per heavy atom. The lowest BCUT2D eigenvalue weighted by Crippen LogP contribution is -2.52. The fraction of sp³-hybridized carbons (Fsp3) is 0.833. The molecule has 17 heavy (non-hydrogen) atoms. The maximum Gasteiger partial charge on any atom is 0.320 e. The van der Waals surface area contributed by atoms with Crippen molar-refractivity contribution in [2.45, 2.75) is 45.7 Å². The van der Waals surface area contributed by atoms with Crippen molar-refractivity contribution < 1.29 is 14.7 Å². The number of rotatable bonds is 2. The highest BCUT2D eigenvalue weighted by Gasteiger charge is 2.33. The number of hydrogen-bond acceptors (Lipinski definition) is 2. The maximum absolute atomic E-state index is 12.1. The molecule has 0 spiro atoms. The molecule has 1 rings (SSSR count). The van der Waals surface area contributed by atoms with Crippen LogP contribution in [0.15, 0.2) is 0 Å². The highest BCUT2D eigenvalue weighted by molar-refractivity contribution is 5.76. The van der Waals surface area contributed by atoms with E-state index < -0.39 is 5.97 Å². The van der Waals surface area contributed by atoms with Crippen molar-refractivity contribution in [3.05, 3.63) is 0 Å². The molecule has 5 nitrogen and oxygen atoms in total. The van der Waals surface area contributed by atoms with E-state index in [1.807, 2.05) is 20.8 Å². The molecule has 0 aliphatic carbocycles. The molecule has 1 heterocycles. The van der Waals surface area contributed by atoms with Crippen molar-refractivity contribution >= 4 is 12.0 Å². The van der Waals surface area contributed by atoms with Crippen LogP contribution in [-0.2, 0) is 4.79 Å². The minimum atomic E-state index is -0.749. The first kappa shape index (κ1) is 13.8. The van der Waals surface area contributed by atoms with Crippen molar-refractivity contribution in [2.24, 2.45) is 5.92 Å². The summed E-state index contributed by atoms with van der Waals surface area (Å²) in [5, 5.41) is 8.96. The summed E-state index contributed by atoms with van der Waals surface area (Å²) in [7, 11) is 1.78. The summed E-state index contributed by atoms with van der Waals surface area (Å²) in [4.78, 5) is 26.5. The van der Waals surface area contributed by atoms with Crippen molar-refractivity contribution in [3.8, 4) is 0 Å².